The molecule has 1 aliphatic rings. The number of rotatable bonds is 6. The van der Waals surface area contributed by atoms with Crippen LogP contribution in [0.1, 0.15) is 67.0 Å². The number of benzene rings is 1. The van der Waals surface area contributed by atoms with E-state index in [1.54, 1.807) is 6.07 Å². The van der Waals surface area contributed by atoms with Crippen molar-refractivity contribution >= 4 is 23.1 Å². The van der Waals surface area contributed by atoms with Gasteiger partial charge in [-0.1, -0.05) is 12.5 Å². The molecular weight excluding hydrogens is 302 g/mol. The number of fused-ring (bicyclic) bond motifs is 1. The Labute approximate surface area is 142 Å². The van der Waals surface area contributed by atoms with Crippen molar-refractivity contribution in [1.29, 1.82) is 0 Å². The Hall–Kier alpha value is -2.17. The number of nitrogens with zero attached hydrogens (tertiary/aromatic N) is 2. The second-order valence-corrected chi connectivity index (χ2v) is 6.90. The number of hydrogen-bond donors (Lipinski definition) is 1. The van der Waals surface area contributed by atoms with Crippen LogP contribution < -0.4 is 5.73 Å². The molecule has 0 radical (unpaired) electrons. The Kier molecular flexibility index (Phi) is 4.97. The minimum Gasteiger partial charge on any atom is -0.366 e. The van der Waals surface area contributed by atoms with Crippen LogP contribution in [0.2, 0.25) is 0 Å². The van der Waals surface area contributed by atoms with Crippen LogP contribution >= 0.6 is 0 Å². The van der Waals surface area contributed by atoms with Gasteiger partial charge >= 0.3 is 0 Å². The summed E-state index contributed by atoms with van der Waals surface area (Å²) in [4.78, 5) is 21.9. The van der Waals surface area contributed by atoms with Crippen LogP contribution in [-0.4, -0.2) is 22.0 Å². The van der Waals surface area contributed by atoms with Gasteiger partial charge in [0.1, 0.15) is 6.29 Å². The molecule has 128 valence electrons. The largest absolute Gasteiger partial charge is 0.366 e. The Morgan fingerprint density at radius 1 is 1.33 bits per heavy atom. The molecule has 0 saturated heterocycles. The van der Waals surface area contributed by atoms with Crippen LogP contribution in [0.25, 0.3) is 10.9 Å². The molecule has 0 spiro atoms. The van der Waals surface area contributed by atoms with Crippen molar-refractivity contribution in [2.24, 2.45) is 11.7 Å². The van der Waals surface area contributed by atoms with Crippen molar-refractivity contribution in [3.63, 3.8) is 0 Å². The molecule has 1 aromatic heterocycles. The summed E-state index contributed by atoms with van der Waals surface area (Å²) in [5.41, 5.74) is 7.96. The van der Waals surface area contributed by atoms with Gasteiger partial charge in [-0.05, 0) is 57.1 Å². The highest BCUT2D eigenvalue weighted by Crippen LogP contribution is 2.36. The zero-order valence-corrected chi connectivity index (χ0v) is 14.2. The van der Waals surface area contributed by atoms with Gasteiger partial charge in [-0.15, -0.1) is 0 Å². The van der Waals surface area contributed by atoms with E-state index in [-0.39, 0.29) is 0 Å². The number of aromatic nitrogens is 2. The highest BCUT2D eigenvalue weighted by molar-refractivity contribution is 5.97. The fourth-order valence-electron chi connectivity index (χ4n) is 3.90. The maximum atomic E-state index is 11.5. The van der Waals surface area contributed by atoms with Gasteiger partial charge in [0.15, 0.2) is 0 Å². The average Bonchev–Trinajstić information content (AvgIpc) is 2.92. The third-order valence-electron chi connectivity index (χ3n) is 5.27. The van der Waals surface area contributed by atoms with E-state index >= 15 is 0 Å². The predicted molar refractivity (Wildman–Crippen MR) is 93.9 cm³/mol. The van der Waals surface area contributed by atoms with Crippen LogP contribution in [0, 0.1) is 12.8 Å². The number of unbranched alkanes of at least 4 members (excludes halogenated alkanes) is 1. The summed E-state index contributed by atoms with van der Waals surface area (Å²) in [6.45, 7) is 2.01. The minimum atomic E-state index is -0.402. The molecule has 24 heavy (non-hydrogen) atoms. The Bertz CT molecular complexity index is 742. The van der Waals surface area contributed by atoms with E-state index in [4.69, 9.17) is 10.8 Å². The van der Waals surface area contributed by atoms with Crippen LogP contribution in [0.15, 0.2) is 18.2 Å². The molecule has 5 nitrogen and oxygen atoms in total. The molecule has 1 amide bonds. The highest BCUT2D eigenvalue weighted by atomic mass is 16.1. The maximum Gasteiger partial charge on any atom is 0.248 e. The molecule has 1 aliphatic carbocycles. The normalized spacial score (nSPS) is 21.0. The first-order valence-corrected chi connectivity index (χ1v) is 8.82. The number of primary amides is 1. The summed E-state index contributed by atoms with van der Waals surface area (Å²) >= 11 is 0. The number of carbonyl (C=O) groups excluding carboxylic acids is 2. The van der Waals surface area contributed by atoms with Gasteiger partial charge < -0.3 is 10.5 Å². The lowest BCUT2D eigenvalue weighted by Crippen LogP contribution is -2.19. The summed E-state index contributed by atoms with van der Waals surface area (Å²) in [6, 6.07) is 5.97. The number of hydrogen-bond acceptors (Lipinski definition) is 3. The molecule has 2 aromatic rings. The summed E-state index contributed by atoms with van der Waals surface area (Å²) in [5, 5.41) is 5.82. The van der Waals surface area contributed by atoms with Gasteiger partial charge in [-0.25, -0.2) is 0 Å². The Morgan fingerprint density at radius 2 is 2.08 bits per heavy atom. The quantitative estimate of drug-likeness (QED) is 0.651. The van der Waals surface area contributed by atoms with Crippen molar-refractivity contribution < 1.29 is 9.59 Å². The molecule has 1 heterocycles. The van der Waals surface area contributed by atoms with E-state index in [0.29, 0.717) is 18.0 Å². The lowest BCUT2D eigenvalue weighted by atomic mass is 9.83. The van der Waals surface area contributed by atoms with Crippen molar-refractivity contribution in [3.8, 4) is 0 Å². The Morgan fingerprint density at radius 3 is 2.75 bits per heavy atom. The van der Waals surface area contributed by atoms with Gasteiger partial charge in [0.2, 0.25) is 5.91 Å². The third kappa shape index (κ3) is 3.35. The molecule has 1 aromatic carbocycles. The van der Waals surface area contributed by atoms with Crippen molar-refractivity contribution in [1.82, 2.24) is 9.78 Å². The predicted octanol–water partition coefficient (Wildman–Crippen LogP) is 3.54. The van der Waals surface area contributed by atoms with Crippen molar-refractivity contribution in [2.45, 2.75) is 57.9 Å². The number of aryl methyl sites for hydroxylation is 1. The van der Waals surface area contributed by atoms with E-state index in [2.05, 4.69) is 4.68 Å². The molecule has 0 unspecified atom stereocenters. The monoisotopic (exact) mass is 327 g/mol. The number of nitrogens with two attached hydrogens (primary N) is 1. The SMILES string of the molecule is Cc1nn(C2CCC(CCCC=O)CC2)c2cc(C(N)=O)ccc12. The second-order valence-electron chi connectivity index (χ2n) is 6.90. The second kappa shape index (κ2) is 7.16. The summed E-state index contributed by atoms with van der Waals surface area (Å²) in [5.74, 6) is 0.325. The van der Waals surface area contributed by atoms with Gasteiger partial charge in [-0.2, -0.15) is 5.10 Å². The van der Waals surface area contributed by atoms with E-state index in [0.717, 1.165) is 54.5 Å². The lowest BCUT2D eigenvalue weighted by molar-refractivity contribution is -0.108. The molecule has 0 atom stereocenters. The molecule has 1 fully saturated rings. The van der Waals surface area contributed by atoms with E-state index in [1.807, 2.05) is 19.1 Å². The smallest absolute Gasteiger partial charge is 0.248 e. The zero-order valence-electron chi connectivity index (χ0n) is 14.2. The summed E-state index contributed by atoms with van der Waals surface area (Å²) in [6.07, 6.45) is 8.41. The van der Waals surface area contributed by atoms with E-state index in [9.17, 15) is 9.59 Å². The molecule has 1 saturated carbocycles. The Balaban J connectivity index is 1.76. The molecule has 5 heteroatoms. The van der Waals surface area contributed by atoms with Gasteiger partial charge in [0, 0.05) is 17.4 Å². The standard InChI is InChI=1S/C19H25N3O2/c1-13-17-10-7-15(19(20)24)12-18(17)22(21-13)16-8-5-14(6-9-16)4-2-3-11-23/h7,10-12,14,16H,2-6,8-9H2,1H3,(H2,20,24). The first kappa shape index (κ1) is 16.7. The minimum absolute atomic E-state index is 0.381. The van der Waals surface area contributed by atoms with Crippen LogP contribution in [0.5, 0.6) is 0 Å². The fraction of sp³-hybridized carbons (Fsp3) is 0.526. The highest BCUT2D eigenvalue weighted by Gasteiger charge is 2.24. The average molecular weight is 327 g/mol. The first-order valence-electron chi connectivity index (χ1n) is 8.82. The number of aldehydes is 1. The van der Waals surface area contributed by atoms with Crippen molar-refractivity contribution in [3.05, 3.63) is 29.5 Å². The van der Waals surface area contributed by atoms with Gasteiger partial charge in [-0.3, -0.25) is 9.48 Å². The fourth-order valence-corrected chi connectivity index (χ4v) is 3.90. The van der Waals surface area contributed by atoms with Gasteiger partial charge in [0.05, 0.1) is 17.3 Å². The van der Waals surface area contributed by atoms with Crippen LogP contribution in [-0.2, 0) is 4.79 Å². The van der Waals surface area contributed by atoms with Crippen LogP contribution in [0.4, 0.5) is 0 Å². The van der Waals surface area contributed by atoms with E-state index < -0.39 is 5.91 Å². The zero-order chi connectivity index (χ0) is 17.1. The maximum absolute atomic E-state index is 11.5. The molecular formula is C19H25N3O2. The van der Waals surface area contributed by atoms with Crippen LogP contribution in [0.3, 0.4) is 0 Å². The molecule has 0 aliphatic heterocycles. The lowest BCUT2D eigenvalue weighted by Gasteiger charge is -2.29. The number of amides is 1. The first-order chi connectivity index (χ1) is 11.6. The molecule has 3 rings (SSSR count). The van der Waals surface area contributed by atoms with Crippen molar-refractivity contribution in [2.75, 3.05) is 0 Å². The summed E-state index contributed by atoms with van der Waals surface area (Å²) < 4.78 is 2.10. The van der Waals surface area contributed by atoms with E-state index in [1.165, 1.54) is 12.8 Å². The third-order valence-corrected chi connectivity index (χ3v) is 5.27. The van der Waals surface area contributed by atoms with Gasteiger partial charge in [0.25, 0.3) is 0 Å². The topological polar surface area (TPSA) is 78.0 Å². The summed E-state index contributed by atoms with van der Waals surface area (Å²) in [7, 11) is 0. The molecule has 2 N–H and O–H groups in total. The molecule has 0 bridgehead atoms. The number of carbonyl (C=O) groups is 2.